The zero-order valence-electron chi connectivity index (χ0n) is 16.8. The number of alkyl halides is 2. The highest BCUT2D eigenvalue weighted by atomic mass is 19.3. The summed E-state index contributed by atoms with van der Waals surface area (Å²) in [5, 5.41) is 4.32. The SMILES string of the molecule is O=C([C@@H]1C[C@H](N2CCN(c3ncnc4ccccc34)CC2)CN1)N1CCC(F)(F)C1. The molecule has 0 saturated carbocycles. The number of nitrogens with one attached hydrogen (secondary N) is 1. The van der Waals surface area contributed by atoms with Crippen molar-refractivity contribution in [2.75, 3.05) is 50.7 Å². The van der Waals surface area contributed by atoms with E-state index in [1.165, 1.54) is 4.90 Å². The largest absolute Gasteiger partial charge is 0.353 e. The van der Waals surface area contributed by atoms with E-state index in [4.69, 9.17) is 0 Å². The molecule has 1 N–H and O–H groups in total. The fraction of sp³-hybridized carbons (Fsp3) is 0.571. The Kier molecular flexibility index (Phi) is 5.02. The van der Waals surface area contributed by atoms with Crippen molar-refractivity contribution in [2.24, 2.45) is 0 Å². The molecule has 3 aliphatic heterocycles. The summed E-state index contributed by atoms with van der Waals surface area (Å²) >= 11 is 0. The normalized spacial score (nSPS) is 27.1. The quantitative estimate of drug-likeness (QED) is 0.815. The van der Waals surface area contributed by atoms with Crippen molar-refractivity contribution in [3.8, 4) is 0 Å². The molecule has 0 aliphatic carbocycles. The summed E-state index contributed by atoms with van der Waals surface area (Å²) in [6.45, 7) is 3.90. The molecule has 0 spiro atoms. The number of halogens is 2. The molecule has 30 heavy (non-hydrogen) atoms. The van der Waals surface area contributed by atoms with Crippen LogP contribution in [0.1, 0.15) is 12.8 Å². The topological polar surface area (TPSA) is 64.6 Å². The van der Waals surface area contributed by atoms with Crippen LogP contribution in [0.25, 0.3) is 10.9 Å². The lowest BCUT2D eigenvalue weighted by Crippen LogP contribution is -2.51. The lowest BCUT2D eigenvalue weighted by molar-refractivity contribution is -0.133. The van der Waals surface area contributed by atoms with Gasteiger partial charge in [0.1, 0.15) is 12.1 Å². The van der Waals surface area contributed by atoms with Crippen LogP contribution in [0.3, 0.4) is 0 Å². The fourth-order valence-corrected chi connectivity index (χ4v) is 4.87. The molecule has 0 bridgehead atoms. The molecule has 2 atom stereocenters. The molecule has 3 aliphatic rings. The molecule has 2 aromatic rings. The molecule has 4 heterocycles. The number of piperazine rings is 1. The van der Waals surface area contributed by atoms with Crippen molar-refractivity contribution in [1.82, 2.24) is 25.1 Å². The van der Waals surface area contributed by atoms with Gasteiger partial charge in [-0.3, -0.25) is 9.69 Å². The van der Waals surface area contributed by atoms with Crippen LogP contribution in [-0.4, -0.2) is 89.5 Å². The smallest absolute Gasteiger partial charge is 0.267 e. The first kappa shape index (κ1) is 19.6. The highest BCUT2D eigenvalue weighted by Gasteiger charge is 2.43. The number of carbonyl (C=O) groups excluding carboxylic acids is 1. The number of benzene rings is 1. The van der Waals surface area contributed by atoms with Crippen LogP contribution in [0, 0.1) is 0 Å². The van der Waals surface area contributed by atoms with Crippen LogP contribution in [0.2, 0.25) is 0 Å². The van der Waals surface area contributed by atoms with Gasteiger partial charge in [-0.25, -0.2) is 18.7 Å². The summed E-state index contributed by atoms with van der Waals surface area (Å²) < 4.78 is 26.9. The average Bonchev–Trinajstić information content (AvgIpc) is 3.40. The highest BCUT2D eigenvalue weighted by molar-refractivity contribution is 5.89. The van der Waals surface area contributed by atoms with Gasteiger partial charge < -0.3 is 15.1 Å². The van der Waals surface area contributed by atoms with Crippen molar-refractivity contribution in [3.05, 3.63) is 30.6 Å². The van der Waals surface area contributed by atoms with Crippen molar-refractivity contribution >= 4 is 22.6 Å². The van der Waals surface area contributed by atoms with E-state index in [1.807, 2.05) is 18.2 Å². The molecule has 7 nitrogen and oxygen atoms in total. The van der Waals surface area contributed by atoms with E-state index in [-0.39, 0.29) is 31.0 Å². The van der Waals surface area contributed by atoms with Gasteiger partial charge in [0.15, 0.2) is 0 Å². The number of nitrogens with zero attached hydrogens (tertiary/aromatic N) is 5. The van der Waals surface area contributed by atoms with Crippen molar-refractivity contribution in [3.63, 3.8) is 0 Å². The maximum absolute atomic E-state index is 13.4. The lowest BCUT2D eigenvalue weighted by atomic mass is 10.1. The van der Waals surface area contributed by atoms with Gasteiger partial charge in [0, 0.05) is 57.1 Å². The lowest BCUT2D eigenvalue weighted by Gasteiger charge is -2.38. The van der Waals surface area contributed by atoms with Gasteiger partial charge in [-0.05, 0) is 18.6 Å². The summed E-state index contributed by atoms with van der Waals surface area (Å²) in [5.41, 5.74) is 0.943. The van der Waals surface area contributed by atoms with Gasteiger partial charge in [-0.2, -0.15) is 0 Å². The summed E-state index contributed by atoms with van der Waals surface area (Å²) in [6.07, 6.45) is 2.06. The first-order valence-electron chi connectivity index (χ1n) is 10.6. The third-order valence-electron chi connectivity index (χ3n) is 6.54. The van der Waals surface area contributed by atoms with Gasteiger partial charge >= 0.3 is 0 Å². The second-order valence-corrected chi connectivity index (χ2v) is 8.45. The Labute approximate surface area is 174 Å². The zero-order valence-corrected chi connectivity index (χ0v) is 16.8. The van der Waals surface area contributed by atoms with Gasteiger partial charge in [-0.15, -0.1) is 0 Å². The van der Waals surface area contributed by atoms with Crippen molar-refractivity contribution < 1.29 is 13.6 Å². The van der Waals surface area contributed by atoms with E-state index in [9.17, 15) is 13.6 Å². The van der Waals surface area contributed by atoms with Gasteiger partial charge in [0.2, 0.25) is 5.91 Å². The van der Waals surface area contributed by atoms with Crippen LogP contribution < -0.4 is 10.2 Å². The van der Waals surface area contributed by atoms with E-state index in [0.29, 0.717) is 6.42 Å². The molecule has 5 rings (SSSR count). The Bertz CT molecular complexity index is 927. The molecule has 1 aromatic carbocycles. The summed E-state index contributed by atoms with van der Waals surface area (Å²) in [7, 11) is 0. The number of carbonyl (C=O) groups is 1. The molecule has 3 saturated heterocycles. The Hall–Kier alpha value is -2.39. The number of likely N-dealkylation sites (tertiary alicyclic amines) is 1. The number of anilines is 1. The Balaban J connectivity index is 1.18. The highest BCUT2D eigenvalue weighted by Crippen LogP contribution is 2.29. The van der Waals surface area contributed by atoms with Crippen molar-refractivity contribution in [2.45, 2.75) is 30.8 Å². The van der Waals surface area contributed by atoms with Crippen LogP contribution in [-0.2, 0) is 4.79 Å². The first-order valence-corrected chi connectivity index (χ1v) is 10.6. The minimum atomic E-state index is -2.74. The second-order valence-electron chi connectivity index (χ2n) is 8.45. The number of hydrogen-bond acceptors (Lipinski definition) is 6. The number of rotatable bonds is 3. The van der Waals surface area contributed by atoms with E-state index in [0.717, 1.165) is 49.4 Å². The fourth-order valence-electron chi connectivity index (χ4n) is 4.87. The van der Waals surface area contributed by atoms with E-state index >= 15 is 0 Å². The van der Waals surface area contributed by atoms with Crippen LogP contribution in [0.4, 0.5) is 14.6 Å². The predicted octanol–water partition coefficient (Wildman–Crippen LogP) is 1.35. The minimum absolute atomic E-state index is 0.153. The predicted molar refractivity (Wildman–Crippen MR) is 110 cm³/mol. The van der Waals surface area contributed by atoms with E-state index < -0.39 is 12.5 Å². The van der Waals surface area contributed by atoms with Gasteiger partial charge in [0.25, 0.3) is 5.92 Å². The van der Waals surface area contributed by atoms with Crippen molar-refractivity contribution in [1.29, 1.82) is 0 Å². The Morgan fingerprint density at radius 3 is 2.67 bits per heavy atom. The van der Waals surface area contributed by atoms with Crippen LogP contribution >= 0.6 is 0 Å². The van der Waals surface area contributed by atoms with Gasteiger partial charge in [-0.1, -0.05) is 12.1 Å². The molecule has 0 unspecified atom stereocenters. The summed E-state index contributed by atoms with van der Waals surface area (Å²) in [5.74, 6) is -1.96. The number of hydrogen-bond donors (Lipinski definition) is 1. The molecule has 0 radical (unpaired) electrons. The van der Waals surface area contributed by atoms with Crippen LogP contribution in [0.15, 0.2) is 30.6 Å². The zero-order chi connectivity index (χ0) is 20.7. The van der Waals surface area contributed by atoms with Gasteiger partial charge in [0.05, 0.1) is 18.1 Å². The minimum Gasteiger partial charge on any atom is -0.353 e. The molecular weight excluding hydrogens is 390 g/mol. The number of amides is 1. The summed E-state index contributed by atoms with van der Waals surface area (Å²) in [4.78, 5) is 27.5. The summed E-state index contributed by atoms with van der Waals surface area (Å²) in [6, 6.07) is 7.93. The average molecular weight is 416 g/mol. The number of fused-ring (bicyclic) bond motifs is 1. The standard InChI is InChI=1S/C21H26F2N6O/c22-21(23)5-6-29(13-21)20(30)18-11-15(12-24-18)27-7-9-28(10-8-27)19-16-3-1-2-4-17(16)25-14-26-19/h1-4,14-15,18,24H,5-13H2/t15-,18-/m0/s1. The maximum Gasteiger partial charge on any atom is 0.267 e. The van der Waals surface area contributed by atoms with Crippen LogP contribution in [0.5, 0.6) is 0 Å². The molecule has 1 amide bonds. The van der Waals surface area contributed by atoms with E-state index in [1.54, 1.807) is 6.33 Å². The third-order valence-corrected chi connectivity index (χ3v) is 6.54. The Morgan fingerprint density at radius 1 is 1.10 bits per heavy atom. The Morgan fingerprint density at radius 2 is 1.90 bits per heavy atom. The monoisotopic (exact) mass is 416 g/mol. The molecule has 3 fully saturated rings. The molecule has 160 valence electrons. The third kappa shape index (κ3) is 3.72. The number of para-hydroxylation sites is 1. The molecule has 9 heteroatoms. The second kappa shape index (κ2) is 7.70. The first-order chi connectivity index (χ1) is 14.5. The molecular formula is C21H26F2N6O. The van der Waals surface area contributed by atoms with E-state index in [2.05, 4.69) is 31.2 Å². The maximum atomic E-state index is 13.4. The molecule has 1 aromatic heterocycles. The number of aromatic nitrogens is 2.